The molecule has 3 N–H and O–H groups in total. The highest BCUT2D eigenvalue weighted by Gasteiger charge is 2.27. The monoisotopic (exact) mass is 292 g/mol. The van der Waals surface area contributed by atoms with Gasteiger partial charge in [-0.1, -0.05) is 42.5 Å². The van der Waals surface area contributed by atoms with Gasteiger partial charge in [0.15, 0.2) is 11.6 Å². The van der Waals surface area contributed by atoms with E-state index in [9.17, 15) is 8.78 Å². The Hall–Kier alpha value is -1.82. The number of hydrogen-bond donors (Lipinski definition) is 2. The summed E-state index contributed by atoms with van der Waals surface area (Å²) >= 11 is 0. The summed E-state index contributed by atoms with van der Waals surface area (Å²) in [7, 11) is 0. The number of hydrazine groups is 1. The van der Waals surface area contributed by atoms with Gasteiger partial charge in [-0.3, -0.25) is 5.84 Å². The average molecular weight is 292 g/mol. The summed E-state index contributed by atoms with van der Waals surface area (Å²) in [6.45, 7) is 2.26. The Bertz CT molecular complexity index is 578. The fourth-order valence-electron chi connectivity index (χ4n) is 2.31. The van der Waals surface area contributed by atoms with E-state index in [0.29, 0.717) is 6.61 Å². The number of ether oxygens (including phenoxy) is 1. The van der Waals surface area contributed by atoms with Gasteiger partial charge in [0.1, 0.15) is 6.10 Å². The molecule has 0 radical (unpaired) electrons. The molecule has 0 amide bonds. The lowest BCUT2D eigenvalue weighted by molar-refractivity contribution is 0.0316. The Morgan fingerprint density at radius 3 is 2.43 bits per heavy atom. The summed E-state index contributed by atoms with van der Waals surface area (Å²) < 4.78 is 33.2. The highest BCUT2D eigenvalue weighted by molar-refractivity contribution is 5.28. The fraction of sp³-hybridized carbons (Fsp3) is 0.250. The molecule has 0 aromatic heterocycles. The van der Waals surface area contributed by atoms with E-state index in [0.717, 1.165) is 11.6 Å². The number of halogens is 2. The van der Waals surface area contributed by atoms with Crippen molar-refractivity contribution in [2.75, 3.05) is 6.61 Å². The predicted molar refractivity (Wildman–Crippen MR) is 77.2 cm³/mol. The molecule has 2 unspecified atom stereocenters. The first-order valence-electron chi connectivity index (χ1n) is 6.75. The normalized spacial score (nSPS) is 13.9. The largest absolute Gasteiger partial charge is 0.372 e. The van der Waals surface area contributed by atoms with Crippen LogP contribution in [-0.2, 0) is 4.74 Å². The van der Waals surface area contributed by atoms with E-state index in [1.807, 2.05) is 37.3 Å². The lowest BCUT2D eigenvalue weighted by atomic mass is 9.95. The third-order valence-electron chi connectivity index (χ3n) is 3.27. The maximum absolute atomic E-state index is 14.0. The van der Waals surface area contributed by atoms with Gasteiger partial charge in [0.05, 0.1) is 6.04 Å². The SMILES string of the molecule is CCOC(c1ccccc1)C(NN)c1cccc(F)c1F. The molecule has 0 aliphatic rings. The summed E-state index contributed by atoms with van der Waals surface area (Å²) in [6, 6.07) is 12.6. The third kappa shape index (κ3) is 3.44. The molecule has 21 heavy (non-hydrogen) atoms. The lowest BCUT2D eigenvalue weighted by Gasteiger charge is -2.27. The minimum atomic E-state index is -0.916. The van der Waals surface area contributed by atoms with Crippen LogP contribution in [0.25, 0.3) is 0 Å². The molecule has 3 nitrogen and oxygen atoms in total. The fourth-order valence-corrected chi connectivity index (χ4v) is 2.31. The van der Waals surface area contributed by atoms with E-state index in [1.165, 1.54) is 12.1 Å². The van der Waals surface area contributed by atoms with E-state index >= 15 is 0 Å². The van der Waals surface area contributed by atoms with Crippen LogP contribution in [0.5, 0.6) is 0 Å². The zero-order chi connectivity index (χ0) is 15.2. The second-order valence-electron chi connectivity index (χ2n) is 4.57. The quantitative estimate of drug-likeness (QED) is 0.634. The maximum Gasteiger partial charge on any atom is 0.163 e. The van der Waals surface area contributed by atoms with Crippen LogP contribution in [0.3, 0.4) is 0 Å². The summed E-state index contributed by atoms with van der Waals surface area (Å²) in [5, 5.41) is 0. The molecular weight excluding hydrogens is 274 g/mol. The Balaban J connectivity index is 2.43. The number of nitrogens with two attached hydrogens (primary N) is 1. The molecule has 2 rings (SSSR count). The van der Waals surface area contributed by atoms with Crippen molar-refractivity contribution in [2.45, 2.75) is 19.1 Å². The second-order valence-corrected chi connectivity index (χ2v) is 4.57. The highest BCUT2D eigenvalue weighted by Crippen LogP contribution is 2.33. The summed E-state index contributed by atoms with van der Waals surface area (Å²) in [5.41, 5.74) is 3.52. The maximum atomic E-state index is 14.0. The molecule has 0 saturated heterocycles. The number of nitrogens with one attached hydrogen (secondary N) is 1. The molecule has 0 fully saturated rings. The molecule has 0 aliphatic heterocycles. The molecule has 0 spiro atoms. The van der Waals surface area contributed by atoms with Gasteiger partial charge in [0, 0.05) is 12.2 Å². The molecule has 5 heteroatoms. The molecule has 2 atom stereocenters. The Morgan fingerprint density at radius 2 is 1.81 bits per heavy atom. The molecule has 2 aromatic rings. The van der Waals surface area contributed by atoms with Crippen molar-refractivity contribution < 1.29 is 13.5 Å². The minimum Gasteiger partial charge on any atom is -0.372 e. The zero-order valence-corrected chi connectivity index (χ0v) is 11.7. The third-order valence-corrected chi connectivity index (χ3v) is 3.27. The second kappa shape index (κ2) is 7.26. The molecule has 2 aromatic carbocycles. The predicted octanol–water partition coefficient (Wildman–Crippen LogP) is 3.25. The number of rotatable bonds is 6. The number of hydrogen-bond acceptors (Lipinski definition) is 3. The first-order valence-corrected chi connectivity index (χ1v) is 6.75. The zero-order valence-electron chi connectivity index (χ0n) is 11.7. The van der Waals surface area contributed by atoms with Crippen LogP contribution in [0, 0.1) is 11.6 Å². The Labute approximate surface area is 122 Å². The van der Waals surface area contributed by atoms with Gasteiger partial charge < -0.3 is 4.74 Å². The number of benzene rings is 2. The van der Waals surface area contributed by atoms with Crippen LogP contribution in [0.4, 0.5) is 8.78 Å². The van der Waals surface area contributed by atoms with Crippen molar-refractivity contribution >= 4 is 0 Å². The van der Waals surface area contributed by atoms with Crippen LogP contribution in [0.2, 0.25) is 0 Å². The smallest absolute Gasteiger partial charge is 0.163 e. The van der Waals surface area contributed by atoms with Crippen molar-refractivity contribution in [2.24, 2.45) is 5.84 Å². The summed E-state index contributed by atoms with van der Waals surface area (Å²) in [5.74, 6) is 3.75. The molecule has 0 heterocycles. The van der Waals surface area contributed by atoms with Crippen LogP contribution in [0.15, 0.2) is 48.5 Å². The van der Waals surface area contributed by atoms with E-state index in [1.54, 1.807) is 0 Å². The summed E-state index contributed by atoms with van der Waals surface area (Å²) in [6.07, 6.45) is -0.516. The topological polar surface area (TPSA) is 47.3 Å². The van der Waals surface area contributed by atoms with Crippen molar-refractivity contribution in [3.05, 3.63) is 71.3 Å². The molecular formula is C16H18F2N2O. The van der Waals surface area contributed by atoms with Gasteiger partial charge in [-0.05, 0) is 18.6 Å². The van der Waals surface area contributed by atoms with Gasteiger partial charge >= 0.3 is 0 Å². The van der Waals surface area contributed by atoms with E-state index < -0.39 is 23.8 Å². The van der Waals surface area contributed by atoms with Gasteiger partial charge in [0.25, 0.3) is 0 Å². The first-order chi connectivity index (χ1) is 10.2. The standard InChI is InChI=1S/C16H18F2N2O/c1-2-21-16(11-7-4-3-5-8-11)15(20-19)12-9-6-10-13(17)14(12)18/h3-10,15-16,20H,2,19H2,1H3. The van der Waals surface area contributed by atoms with Crippen molar-refractivity contribution in [1.82, 2.24) is 5.43 Å². The summed E-state index contributed by atoms with van der Waals surface area (Å²) in [4.78, 5) is 0. The van der Waals surface area contributed by atoms with E-state index in [4.69, 9.17) is 10.6 Å². The minimum absolute atomic E-state index is 0.139. The Kier molecular flexibility index (Phi) is 5.38. The van der Waals surface area contributed by atoms with Gasteiger partial charge in [0.2, 0.25) is 0 Å². The van der Waals surface area contributed by atoms with Crippen LogP contribution in [0.1, 0.15) is 30.2 Å². The van der Waals surface area contributed by atoms with Crippen LogP contribution in [-0.4, -0.2) is 6.61 Å². The molecule has 112 valence electrons. The average Bonchev–Trinajstić information content (AvgIpc) is 2.52. The van der Waals surface area contributed by atoms with Crippen molar-refractivity contribution in [3.63, 3.8) is 0 Å². The van der Waals surface area contributed by atoms with Gasteiger partial charge in [-0.25, -0.2) is 14.2 Å². The molecule has 0 saturated carbocycles. The molecule has 0 aliphatic carbocycles. The van der Waals surface area contributed by atoms with Crippen molar-refractivity contribution in [1.29, 1.82) is 0 Å². The lowest BCUT2D eigenvalue weighted by Crippen LogP contribution is -2.34. The van der Waals surface area contributed by atoms with Crippen LogP contribution >= 0.6 is 0 Å². The van der Waals surface area contributed by atoms with E-state index in [-0.39, 0.29) is 5.56 Å². The van der Waals surface area contributed by atoms with Crippen molar-refractivity contribution in [3.8, 4) is 0 Å². The van der Waals surface area contributed by atoms with Gasteiger partial charge in [-0.15, -0.1) is 0 Å². The Morgan fingerprint density at radius 1 is 1.10 bits per heavy atom. The highest BCUT2D eigenvalue weighted by atomic mass is 19.2. The van der Waals surface area contributed by atoms with Gasteiger partial charge in [-0.2, -0.15) is 0 Å². The van der Waals surface area contributed by atoms with E-state index in [2.05, 4.69) is 5.43 Å². The first kappa shape index (κ1) is 15.6. The van der Waals surface area contributed by atoms with Crippen LogP contribution < -0.4 is 11.3 Å². The molecule has 0 bridgehead atoms.